The van der Waals surface area contributed by atoms with Crippen LogP contribution in [0.3, 0.4) is 0 Å². The van der Waals surface area contributed by atoms with E-state index in [1.807, 2.05) is 4.90 Å². The first-order chi connectivity index (χ1) is 17.7. The van der Waals surface area contributed by atoms with Gasteiger partial charge in [-0.1, -0.05) is 6.07 Å². The van der Waals surface area contributed by atoms with Crippen molar-refractivity contribution in [2.45, 2.75) is 45.4 Å². The van der Waals surface area contributed by atoms with E-state index in [0.29, 0.717) is 39.3 Å². The fraction of sp³-hybridized carbons (Fsp3) is 0.615. The maximum absolute atomic E-state index is 12.9. The predicted molar refractivity (Wildman–Crippen MR) is 132 cm³/mol. The van der Waals surface area contributed by atoms with Gasteiger partial charge in [-0.3, -0.25) is 19.3 Å². The Morgan fingerprint density at radius 2 is 1.66 bits per heavy atom. The number of Topliss-reactive ketones (excluding diaryl/α,β-unsaturated/α-hetero) is 1. The largest absolute Gasteiger partial charge is 0.444 e. The molecule has 2 aliphatic heterocycles. The van der Waals surface area contributed by atoms with Crippen LogP contribution in [0.5, 0.6) is 0 Å². The van der Waals surface area contributed by atoms with Crippen LogP contribution in [-0.4, -0.2) is 96.3 Å². The van der Waals surface area contributed by atoms with E-state index < -0.39 is 23.2 Å². The van der Waals surface area contributed by atoms with E-state index in [1.54, 1.807) is 30.6 Å². The molecular weight excluding hydrogens is 505 g/mol. The quantitative estimate of drug-likeness (QED) is 0.571. The second kappa shape index (κ2) is 12.1. The Morgan fingerprint density at radius 3 is 2.29 bits per heavy atom. The molecule has 0 aliphatic carbocycles. The maximum atomic E-state index is 12.9. The summed E-state index contributed by atoms with van der Waals surface area (Å²) in [4.78, 5) is 54.8. The number of hydrogen-bond acceptors (Lipinski definition) is 6. The topological polar surface area (TPSA) is 99.3 Å². The molecule has 3 rings (SSSR count). The second-order valence-electron chi connectivity index (χ2n) is 10.7. The Hall–Kier alpha value is -3.15. The molecule has 1 aromatic rings. The summed E-state index contributed by atoms with van der Waals surface area (Å²) in [5.41, 5.74) is -1.67. The molecule has 0 bridgehead atoms. The molecule has 2 saturated heterocycles. The summed E-state index contributed by atoms with van der Waals surface area (Å²) in [6.07, 6.45) is -4.01. The van der Waals surface area contributed by atoms with E-state index in [-0.39, 0.29) is 48.8 Å². The lowest BCUT2D eigenvalue weighted by Crippen LogP contribution is -2.53. The van der Waals surface area contributed by atoms with Gasteiger partial charge in [-0.2, -0.15) is 13.2 Å². The first kappa shape index (κ1) is 29.4. The molecule has 0 unspecified atom stereocenters. The third kappa shape index (κ3) is 8.71. The van der Waals surface area contributed by atoms with Crippen LogP contribution in [0.15, 0.2) is 24.3 Å². The van der Waals surface area contributed by atoms with Gasteiger partial charge < -0.3 is 19.9 Å². The molecule has 1 aromatic carbocycles. The Kier molecular flexibility index (Phi) is 9.40. The zero-order chi connectivity index (χ0) is 28.1. The van der Waals surface area contributed by atoms with Crippen molar-refractivity contribution in [2.24, 2.45) is 5.92 Å². The number of ketones is 1. The van der Waals surface area contributed by atoms with Crippen LogP contribution in [0.1, 0.15) is 49.5 Å². The van der Waals surface area contributed by atoms with Crippen molar-refractivity contribution in [3.05, 3.63) is 35.4 Å². The van der Waals surface area contributed by atoms with Crippen molar-refractivity contribution in [2.75, 3.05) is 52.4 Å². The van der Waals surface area contributed by atoms with E-state index in [2.05, 4.69) is 5.32 Å². The van der Waals surface area contributed by atoms with Gasteiger partial charge in [0.25, 0.3) is 5.91 Å². The fourth-order valence-electron chi connectivity index (χ4n) is 4.49. The smallest absolute Gasteiger partial charge is 0.416 e. The standard InChI is InChI=1S/C26H35F3N4O5/c1-25(2,3)38-24(37)33-11-9-32(10-12-33)22(35)17-31-8-7-18(16-31)13-21(34)15-30-23(36)19-5-4-6-20(14-19)26(27,28)29/h4-6,14,18H,7-13,15-17H2,1-3H3,(H,30,36)/t18-/m0/s1. The molecule has 2 aliphatic rings. The minimum Gasteiger partial charge on any atom is -0.444 e. The molecule has 1 N–H and O–H groups in total. The van der Waals surface area contributed by atoms with E-state index in [1.165, 1.54) is 6.07 Å². The number of rotatable bonds is 7. The van der Waals surface area contributed by atoms with Gasteiger partial charge in [0.2, 0.25) is 5.91 Å². The van der Waals surface area contributed by atoms with Crippen LogP contribution >= 0.6 is 0 Å². The maximum Gasteiger partial charge on any atom is 0.416 e. The Balaban J connectivity index is 1.37. The zero-order valence-corrected chi connectivity index (χ0v) is 22.0. The number of ether oxygens (including phenoxy) is 1. The average Bonchev–Trinajstić information content (AvgIpc) is 3.27. The van der Waals surface area contributed by atoms with Crippen LogP contribution in [0.2, 0.25) is 0 Å². The number of piperazine rings is 1. The predicted octanol–water partition coefficient (Wildman–Crippen LogP) is 2.80. The number of likely N-dealkylation sites (tertiary alicyclic amines) is 1. The van der Waals surface area contributed by atoms with Crippen molar-refractivity contribution < 1.29 is 37.1 Å². The van der Waals surface area contributed by atoms with Gasteiger partial charge in [0.05, 0.1) is 18.7 Å². The van der Waals surface area contributed by atoms with E-state index >= 15 is 0 Å². The molecular formula is C26H35F3N4O5. The number of carbonyl (C=O) groups excluding carboxylic acids is 4. The molecule has 0 saturated carbocycles. The summed E-state index contributed by atoms with van der Waals surface area (Å²) in [6.45, 7) is 8.27. The van der Waals surface area contributed by atoms with Crippen molar-refractivity contribution in [1.82, 2.24) is 20.0 Å². The van der Waals surface area contributed by atoms with Crippen molar-refractivity contribution in [3.8, 4) is 0 Å². The minimum atomic E-state index is -4.56. The molecule has 1 atom stereocenters. The summed E-state index contributed by atoms with van der Waals surface area (Å²) in [5, 5.41) is 2.39. The minimum absolute atomic E-state index is 0.0322. The highest BCUT2D eigenvalue weighted by atomic mass is 19.4. The zero-order valence-electron chi connectivity index (χ0n) is 22.0. The van der Waals surface area contributed by atoms with Gasteiger partial charge in [-0.15, -0.1) is 0 Å². The summed E-state index contributed by atoms with van der Waals surface area (Å²) in [5.74, 6) is -0.962. The Labute approximate surface area is 220 Å². The molecule has 9 nitrogen and oxygen atoms in total. The molecule has 0 spiro atoms. The molecule has 0 radical (unpaired) electrons. The normalized spacial score (nSPS) is 18.8. The van der Waals surface area contributed by atoms with Crippen molar-refractivity contribution in [3.63, 3.8) is 0 Å². The number of carbonyl (C=O) groups is 4. The molecule has 2 fully saturated rings. The van der Waals surface area contributed by atoms with E-state index in [4.69, 9.17) is 4.74 Å². The van der Waals surface area contributed by atoms with Crippen molar-refractivity contribution >= 4 is 23.7 Å². The van der Waals surface area contributed by atoms with E-state index in [9.17, 15) is 32.3 Å². The lowest BCUT2D eigenvalue weighted by atomic mass is 10.0. The van der Waals surface area contributed by atoms with Gasteiger partial charge in [0, 0.05) is 44.7 Å². The highest BCUT2D eigenvalue weighted by Crippen LogP contribution is 2.29. The van der Waals surface area contributed by atoms with Gasteiger partial charge in [-0.05, 0) is 57.9 Å². The number of benzene rings is 1. The highest BCUT2D eigenvalue weighted by molar-refractivity contribution is 5.96. The van der Waals surface area contributed by atoms with Crippen molar-refractivity contribution in [1.29, 1.82) is 0 Å². The molecule has 38 heavy (non-hydrogen) atoms. The second-order valence-corrected chi connectivity index (χ2v) is 10.7. The van der Waals surface area contributed by atoms with E-state index in [0.717, 1.165) is 24.6 Å². The molecule has 3 amide bonds. The van der Waals surface area contributed by atoms with Crippen LogP contribution in [-0.2, 0) is 20.5 Å². The third-order valence-corrected chi connectivity index (χ3v) is 6.43. The van der Waals surface area contributed by atoms with Crippen LogP contribution in [0.4, 0.5) is 18.0 Å². The summed E-state index contributed by atoms with van der Waals surface area (Å²) in [6, 6.07) is 4.04. The molecule has 210 valence electrons. The Morgan fingerprint density at radius 1 is 1.00 bits per heavy atom. The van der Waals surface area contributed by atoms with Gasteiger partial charge >= 0.3 is 12.3 Å². The first-order valence-electron chi connectivity index (χ1n) is 12.7. The molecule has 0 aromatic heterocycles. The summed E-state index contributed by atoms with van der Waals surface area (Å²) in [7, 11) is 0. The van der Waals surface area contributed by atoms with Crippen LogP contribution in [0, 0.1) is 5.92 Å². The highest BCUT2D eigenvalue weighted by Gasteiger charge is 2.32. The number of hydrogen-bond donors (Lipinski definition) is 1. The number of nitrogens with one attached hydrogen (secondary N) is 1. The third-order valence-electron chi connectivity index (χ3n) is 6.43. The number of halogens is 3. The molecule has 12 heteroatoms. The Bertz CT molecular complexity index is 1030. The van der Waals surface area contributed by atoms with Gasteiger partial charge in [-0.25, -0.2) is 4.79 Å². The summed E-state index contributed by atoms with van der Waals surface area (Å²) < 4.78 is 43.9. The number of alkyl halides is 3. The lowest BCUT2D eigenvalue weighted by molar-refractivity contribution is -0.137. The number of nitrogens with zero attached hydrogens (tertiary/aromatic N) is 3. The van der Waals surface area contributed by atoms with Crippen LogP contribution < -0.4 is 5.32 Å². The monoisotopic (exact) mass is 540 g/mol. The summed E-state index contributed by atoms with van der Waals surface area (Å²) >= 11 is 0. The molecule has 2 heterocycles. The average molecular weight is 541 g/mol. The lowest BCUT2D eigenvalue weighted by Gasteiger charge is -2.36. The first-order valence-corrected chi connectivity index (χ1v) is 12.7. The van der Waals surface area contributed by atoms with Gasteiger partial charge in [0.15, 0.2) is 5.78 Å². The fourth-order valence-corrected chi connectivity index (χ4v) is 4.49. The van der Waals surface area contributed by atoms with Gasteiger partial charge in [0.1, 0.15) is 5.60 Å². The number of amides is 3. The SMILES string of the molecule is CC(C)(C)OC(=O)N1CCN(C(=O)CN2CC[C@@H](CC(=O)CNC(=O)c3cccc(C(F)(F)F)c3)C2)CC1. The van der Waals surface area contributed by atoms with Crippen LogP contribution in [0.25, 0.3) is 0 Å².